The van der Waals surface area contributed by atoms with Gasteiger partial charge in [-0.25, -0.2) is 26.3 Å². The molecular formula is C25H12F6. The fourth-order valence-corrected chi connectivity index (χ4v) is 3.29. The third kappa shape index (κ3) is 3.87. The fraction of sp³-hybridized carbons (Fsp3) is 0.0400. The van der Waals surface area contributed by atoms with Crippen LogP contribution in [0.2, 0.25) is 0 Å². The predicted molar refractivity (Wildman–Crippen MR) is 106 cm³/mol. The first kappa shape index (κ1) is 20.5. The van der Waals surface area contributed by atoms with Gasteiger partial charge in [0, 0.05) is 10.9 Å². The third-order valence-electron chi connectivity index (χ3n) is 4.76. The minimum atomic E-state index is -1.09. The average Bonchev–Trinajstić information content (AvgIpc) is 2.69. The van der Waals surface area contributed by atoms with Crippen LogP contribution in [0.3, 0.4) is 0 Å². The van der Waals surface area contributed by atoms with Gasteiger partial charge >= 0.3 is 0 Å². The monoisotopic (exact) mass is 426 g/mol. The molecule has 0 fully saturated rings. The Morgan fingerprint density at radius 2 is 1.26 bits per heavy atom. The Labute approximate surface area is 173 Å². The number of fused-ring (bicyclic) bond motifs is 1. The van der Waals surface area contributed by atoms with Gasteiger partial charge in [-0.1, -0.05) is 24.0 Å². The summed E-state index contributed by atoms with van der Waals surface area (Å²) < 4.78 is 84.4. The molecule has 0 saturated heterocycles. The Morgan fingerprint density at radius 3 is 1.90 bits per heavy atom. The molecule has 0 radical (unpaired) electrons. The molecule has 0 heterocycles. The van der Waals surface area contributed by atoms with Crippen LogP contribution in [-0.4, -0.2) is 0 Å². The molecule has 31 heavy (non-hydrogen) atoms. The highest BCUT2D eigenvalue weighted by atomic mass is 19.2. The Balaban J connectivity index is 1.74. The first-order valence-corrected chi connectivity index (χ1v) is 9.09. The molecule has 0 amide bonds. The molecule has 4 aromatic carbocycles. The number of halogens is 6. The van der Waals surface area contributed by atoms with Crippen molar-refractivity contribution in [2.75, 3.05) is 0 Å². The summed E-state index contributed by atoms with van der Waals surface area (Å²) in [4.78, 5) is 0. The molecule has 6 heteroatoms. The predicted octanol–water partition coefficient (Wildman–Crippen LogP) is 7.05. The summed E-state index contributed by atoms with van der Waals surface area (Å²) in [6.07, 6.45) is 0. The van der Waals surface area contributed by atoms with Crippen molar-refractivity contribution in [1.29, 1.82) is 0 Å². The quantitative estimate of drug-likeness (QED) is 0.226. The van der Waals surface area contributed by atoms with Crippen LogP contribution in [0.15, 0.2) is 54.6 Å². The highest BCUT2D eigenvalue weighted by Gasteiger charge is 2.17. The third-order valence-corrected chi connectivity index (χ3v) is 4.76. The van der Waals surface area contributed by atoms with Gasteiger partial charge in [0.25, 0.3) is 0 Å². The van der Waals surface area contributed by atoms with Crippen LogP contribution in [0.5, 0.6) is 0 Å². The van der Waals surface area contributed by atoms with E-state index in [1.807, 2.05) is 0 Å². The zero-order chi connectivity index (χ0) is 22.3. The zero-order valence-corrected chi connectivity index (χ0v) is 16.0. The average molecular weight is 426 g/mol. The lowest BCUT2D eigenvalue weighted by Crippen LogP contribution is -1.97. The van der Waals surface area contributed by atoms with E-state index in [0.29, 0.717) is 16.5 Å². The summed E-state index contributed by atoms with van der Waals surface area (Å²) in [5, 5.41) is 0.418. The molecule has 0 bridgehead atoms. The molecule has 0 aliphatic heterocycles. The van der Waals surface area contributed by atoms with E-state index in [0.717, 1.165) is 30.3 Å². The van der Waals surface area contributed by atoms with Gasteiger partial charge in [0.05, 0.1) is 11.1 Å². The molecule has 154 valence electrons. The van der Waals surface area contributed by atoms with Gasteiger partial charge in [-0.05, 0) is 65.9 Å². The summed E-state index contributed by atoms with van der Waals surface area (Å²) >= 11 is 0. The Bertz CT molecular complexity index is 1360. The highest BCUT2D eigenvalue weighted by Crippen LogP contribution is 2.30. The maximum Gasteiger partial charge on any atom is 0.166 e. The van der Waals surface area contributed by atoms with Gasteiger partial charge in [-0.2, -0.15) is 0 Å². The molecule has 0 atom stereocenters. The Morgan fingerprint density at radius 1 is 0.613 bits per heavy atom. The highest BCUT2D eigenvalue weighted by molar-refractivity contribution is 5.84. The van der Waals surface area contributed by atoms with Crippen LogP contribution in [0.25, 0.3) is 21.9 Å². The Hall–Kier alpha value is -3.72. The summed E-state index contributed by atoms with van der Waals surface area (Å²) in [6, 6.07) is 10.2. The van der Waals surface area contributed by atoms with Gasteiger partial charge in [-0.3, -0.25) is 0 Å². The smallest absolute Gasteiger partial charge is 0.166 e. The van der Waals surface area contributed by atoms with Crippen molar-refractivity contribution in [3.05, 3.63) is 106 Å². The van der Waals surface area contributed by atoms with Crippen molar-refractivity contribution in [2.45, 2.75) is 6.92 Å². The molecule has 0 saturated carbocycles. The lowest BCUT2D eigenvalue weighted by atomic mass is 10.00. The fourth-order valence-electron chi connectivity index (χ4n) is 3.29. The standard InChI is InChI=1S/C25H12F6/c1-13-8-22(29)24(23(30)9-13)16-11-20(27)18(21(28)12-16)6-3-14-2-5-17-15(10-14)4-7-19(26)25(17)31/h2,4-5,7-12H,1H3. The zero-order valence-electron chi connectivity index (χ0n) is 16.0. The van der Waals surface area contributed by atoms with Gasteiger partial charge in [-0.15, -0.1) is 0 Å². The van der Waals surface area contributed by atoms with Crippen molar-refractivity contribution in [3.8, 4) is 23.0 Å². The van der Waals surface area contributed by atoms with Crippen LogP contribution < -0.4 is 0 Å². The molecule has 4 aromatic rings. The van der Waals surface area contributed by atoms with E-state index in [4.69, 9.17) is 0 Å². The lowest BCUT2D eigenvalue weighted by Gasteiger charge is -2.08. The van der Waals surface area contributed by atoms with E-state index >= 15 is 0 Å². The van der Waals surface area contributed by atoms with E-state index in [2.05, 4.69) is 11.8 Å². The molecule has 0 nitrogen and oxygen atoms in total. The van der Waals surface area contributed by atoms with Crippen molar-refractivity contribution >= 4 is 10.8 Å². The maximum atomic E-state index is 14.5. The largest absolute Gasteiger partial charge is 0.206 e. The van der Waals surface area contributed by atoms with Gasteiger partial charge in [0.15, 0.2) is 11.6 Å². The number of benzene rings is 4. The van der Waals surface area contributed by atoms with Crippen molar-refractivity contribution in [1.82, 2.24) is 0 Å². The van der Waals surface area contributed by atoms with Gasteiger partial charge < -0.3 is 0 Å². The number of rotatable bonds is 1. The molecule has 0 spiro atoms. The number of aryl methyl sites for hydroxylation is 1. The minimum Gasteiger partial charge on any atom is -0.206 e. The second kappa shape index (κ2) is 7.84. The molecular weight excluding hydrogens is 414 g/mol. The van der Waals surface area contributed by atoms with E-state index in [1.54, 1.807) is 0 Å². The number of hydrogen-bond acceptors (Lipinski definition) is 0. The van der Waals surface area contributed by atoms with Crippen LogP contribution >= 0.6 is 0 Å². The molecule has 4 rings (SSSR count). The maximum absolute atomic E-state index is 14.5. The van der Waals surface area contributed by atoms with E-state index in [9.17, 15) is 26.3 Å². The van der Waals surface area contributed by atoms with E-state index < -0.39 is 46.0 Å². The first-order chi connectivity index (χ1) is 14.7. The summed E-state index contributed by atoms with van der Waals surface area (Å²) in [6.45, 7) is 1.49. The molecule has 0 aliphatic carbocycles. The Kier molecular flexibility index (Phi) is 5.20. The molecule has 0 aromatic heterocycles. The topological polar surface area (TPSA) is 0 Å². The van der Waals surface area contributed by atoms with E-state index in [1.165, 1.54) is 31.2 Å². The lowest BCUT2D eigenvalue weighted by molar-refractivity contribution is 0.517. The molecule has 0 N–H and O–H groups in total. The SMILES string of the molecule is Cc1cc(F)c(-c2cc(F)c(C#Cc3ccc4c(F)c(F)ccc4c3)c(F)c2)c(F)c1. The van der Waals surface area contributed by atoms with Crippen molar-refractivity contribution in [3.63, 3.8) is 0 Å². The van der Waals surface area contributed by atoms with Crippen LogP contribution in [0, 0.1) is 53.7 Å². The van der Waals surface area contributed by atoms with Gasteiger partial charge in [0.2, 0.25) is 0 Å². The second-order valence-electron chi connectivity index (χ2n) is 6.97. The van der Waals surface area contributed by atoms with Crippen LogP contribution in [0.1, 0.15) is 16.7 Å². The summed E-state index contributed by atoms with van der Waals surface area (Å²) in [5.41, 5.74) is -0.760. The van der Waals surface area contributed by atoms with Crippen molar-refractivity contribution in [2.24, 2.45) is 0 Å². The summed E-state index contributed by atoms with van der Waals surface area (Å²) in [5.74, 6) is -1.12. The molecule has 0 aliphatic rings. The summed E-state index contributed by atoms with van der Waals surface area (Å²) in [7, 11) is 0. The number of hydrogen-bond donors (Lipinski definition) is 0. The van der Waals surface area contributed by atoms with Crippen LogP contribution in [0.4, 0.5) is 26.3 Å². The second-order valence-corrected chi connectivity index (χ2v) is 6.97. The van der Waals surface area contributed by atoms with Crippen LogP contribution in [-0.2, 0) is 0 Å². The molecule has 0 unspecified atom stereocenters. The minimum absolute atomic E-state index is 0.0504. The normalized spacial score (nSPS) is 10.8. The van der Waals surface area contributed by atoms with Gasteiger partial charge in [0.1, 0.15) is 23.3 Å². The van der Waals surface area contributed by atoms with E-state index in [-0.39, 0.29) is 10.9 Å². The first-order valence-electron chi connectivity index (χ1n) is 9.09. The van der Waals surface area contributed by atoms with Crippen molar-refractivity contribution < 1.29 is 26.3 Å².